The van der Waals surface area contributed by atoms with Crippen LogP contribution in [0.2, 0.25) is 0 Å². The van der Waals surface area contributed by atoms with Crippen molar-refractivity contribution in [1.82, 2.24) is 0 Å². The number of rotatable bonds is 0. The quantitative estimate of drug-likeness (QED) is 0.266. The van der Waals surface area contributed by atoms with Crippen LogP contribution in [-0.2, 0) is 25.0 Å². The number of hydrogen-bond donors (Lipinski definition) is 0. The summed E-state index contributed by atoms with van der Waals surface area (Å²) in [7, 11) is 0. The molecule has 0 aromatic carbocycles. The minimum absolute atomic E-state index is 0.876. The Hall–Kier alpha value is 0.193. The van der Waals surface area contributed by atoms with Gasteiger partial charge in [0.2, 0.25) is 0 Å². The summed E-state index contributed by atoms with van der Waals surface area (Å²) in [6.45, 7) is 0. The van der Waals surface area contributed by atoms with Crippen LogP contribution in [-0.4, -0.2) is 0 Å². The predicted molar refractivity (Wildman–Crippen MR) is 9.15 cm³/mol. The fourth-order valence-corrected chi connectivity index (χ4v) is 0. The van der Waals surface area contributed by atoms with Crippen LogP contribution < -0.4 is 0 Å². The molecule has 0 atom stereocenters. The van der Waals surface area contributed by atoms with E-state index >= 15 is 0 Å². The monoisotopic (exact) mass is 132 g/mol. The van der Waals surface area contributed by atoms with E-state index in [1.807, 2.05) is 0 Å². The molecule has 0 rings (SSSR count). The molecule has 0 N–H and O–H groups in total. The van der Waals surface area contributed by atoms with E-state index in [-0.39, 0.29) is 0 Å². The van der Waals surface area contributed by atoms with Crippen LogP contribution in [0.4, 0.5) is 0 Å². The molecule has 0 radical (unpaired) electrons. The van der Waals surface area contributed by atoms with Gasteiger partial charge in [0.1, 0.15) is 0 Å². The fourth-order valence-electron chi connectivity index (χ4n) is 0. The zero-order valence-corrected chi connectivity index (χ0v) is 4.30. The summed E-state index contributed by atoms with van der Waals surface area (Å²) in [6, 6.07) is 0. The standard InChI is InChI=1S/N3.Zr/c1-3-2;/q-1;+1. The van der Waals surface area contributed by atoms with Crippen LogP contribution in [0.1, 0.15) is 0 Å². The van der Waals surface area contributed by atoms with Gasteiger partial charge in [-0.15, -0.1) is 0 Å². The van der Waals surface area contributed by atoms with Gasteiger partial charge in [0.05, 0.1) is 0 Å². The number of nitrogens with zero attached hydrogens (tertiary/aromatic N) is 3. The van der Waals surface area contributed by atoms with Crippen LogP contribution in [0.15, 0.2) is 3.06 Å². The summed E-state index contributed by atoms with van der Waals surface area (Å²) >= 11 is 0.876. The molecule has 0 spiro atoms. The molecule has 4 heteroatoms. The molecule has 0 saturated heterocycles. The van der Waals surface area contributed by atoms with Crippen molar-refractivity contribution in [2.24, 2.45) is 3.06 Å². The molecule has 0 unspecified atom stereocenters. The van der Waals surface area contributed by atoms with Crippen molar-refractivity contribution in [2.75, 3.05) is 0 Å². The third kappa shape index (κ3) is 2.19. The zero-order chi connectivity index (χ0) is 3.41. The average Bonchev–Trinajstić information content (AvgIpc) is 1.37. The van der Waals surface area contributed by atoms with Crippen molar-refractivity contribution in [1.29, 1.82) is 0 Å². The van der Waals surface area contributed by atoms with Gasteiger partial charge >= 0.3 is 38.5 Å². The Morgan fingerprint density at radius 2 is 2.25 bits per heavy atom. The van der Waals surface area contributed by atoms with Gasteiger partial charge in [0, 0.05) is 0 Å². The van der Waals surface area contributed by atoms with E-state index in [9.17, 15) is 0 Å². The summed E-state index contributed by atoms with van der Waals surface area (Å²) < 4.78 is 3.01. The third-order valence-electron chi connectivity index (χ3n) is 0.0447. The van der Waals surface area contributed by atoms with Gasteiger partial charge in [-0.05, 0) is 0 Å². The van der Waals surface area contributed by atoms with Gasteiger partial charge in [-0.2, -0.15) is 0 Å². The van der Waals surface area contributed by atoms with E-state index in [4.69, 9.17) is 5.53 Å². The van der Waals surface area contributed by atoms with Crippen LogP contribution in [0.3, 0.4) is 0 Å². The first-order chi connectivity index (χ1) is 1.91. The Bertz CT molecular complexity index is 41.2. The van der Waals surface area contributed by atoms with Crippen molar-refractivity contribution < 1.29 is 25.0 Å². The second-order valence-corrected chi connectivity index (χ2v) is 0.681. The Kier molecular flexibility index (Phi) is 3.35. The second kappa shape index (κ2) is 3.19. The first-order valence-electron chi connectivity index (χ1n) is 0.624. The molecule has 19 valence electrons. The molecule has 0 aliphatic carbocycles. The van der Waals surface area contributed by atoms with Crippen molar-refractivity contribution in [2.45, 2.75) is 0 Å². The molecule has 4 heavy (non-hydrogen) atoms. The topological polar surface area (TPSA) is 48.8 Å². The van der Waals surface area contributed by atoms with Crippen molar-refractivity contribution in [3.05, 3.63) is 10.4 Å². The van der Waals surface area contributed by atoms with Crippen LogP contribution in [0.25, 0.3) is 10.4 Å². The van der Waals surface area contributed by atoms with E-state index in [2.05, 4.69) is 7.97 Å². The molecule has 3 nitrogen and oxygen atoms in total. The molecule has 0 amide bonds. The van der Waals surface area contributed by atoms with Gasteiger partial charge in [0.15, 0.2) is 0 Å². The molecule has 0 aromatic rings. The fraction of sp³-hybridized carbons (Fsp3) is 0. The van der Waals surface area contributed by atoms with E-state index in [0.717, 1.165) is 25.0 Å². The predicted octanol–water partition coefficient (Wildman–Crippen LogP) is 0.759. The van der Waals surface area contributed by atoms with E-state index in [0.29, 0.717) is 0 Å². The summed E-state index contributed by atoms with van der Waals surface area (Å²) in [5, 5.41) is 0. The molecule has 0 aromatic heterocycles. The number of hydrogen-bond acceptors (Lipinski definition) is 1. The van der Waals surface area contributed by atoms with Gasteiger partial charge in [-0.3, -0.25) is 0 Å². The molecule has 0 saturated carbocycles. The molecular weight excluding hydrogens is 133 g/mol. The number of azide groups is 1. The summed E-state index contributed by atoms with van der Waals surface area (Å²) in [5.74, 6) is 0. The summed E-state index contributed by atoms with van der Waals surface area (Å²) in [6.07, 6.45) is 0. The Morgan fingerprint density at radius 3 is 2.25 bits per heavy atom. The van der Waals surface area contributed by atoms with E-state index in [1.54, 1.807) is 0 Å². The maximum atomic E-state index is 7.36. The van der Waals surface area contributed by atoms with Gasteiger partial charge in [-0.1, -0.05) is 0 Å². The van der Waals surface area contributed by atoms with Gasteiger partial charge < -0.3 is 0 Å². The van der Waals surface area contributed by atoms with Crippen molar-refractivity contribution in [3.8, 4) is 0 Å². The molecule has 0 bridgehead atoms. The molecule has 0 fully saturated rings. The van der Waals surface area contributed by atoms with Crippen molar-refractivity contribution in [3.63, 3.8) is 0 Å². The SMILES string of the molecule is [N-]=[N+]=[N][Zr]. The van der Waals surface area contributed by atoms with E-state index < -0.39 is 0 Å². The van der Waals surface area contributed by atoms with E-state index in [1.165, 1.54) is 0 Å². The molecular formula is N3Zr. The molecule has 0 heterocycles. The molecule has 0 aliphatic heterocycles. The van der Waals surface area contributed by atoms with Gasteiger partial charge in [-0.25, -0.2) is 0 Å². The summed E-state index contributed by atoms with van der Waals surface area (Å²) in [5.41, 5.74) is 7.36. The van der Waals surface area contributed by atoms with Crippen LogP contribution >= 0.6 is 0 Å². The molecule has 0 aliphatic rings. The Morgan fingerprint density at radius 1 is 2.00 bits per heavy atom. The first kappa shape index (κ1) is 4.19. The second-order valence-electron chi connectivity index (χ2n) is 0.189. The maximum absolute atomic E-state index is 7.36. The van der Waals surface area contributed by atoms with Gasteiger partial charge in [0.25, 0.3) is 0 Å². The van der Waals surface area contributed by atoms with Crippen molar-refractivity contribution >= 4 is 0 Å². The van der Waals surface area contributed by atoms with Crippen LogP contribution in [0, 0.1) is 0 Å². The first-order valence-corrected chi connectivity index (χ1v) is 1.72. The zero-order valence-electron chi connectivity index (χ0n) is 1.84. The summed E-state index contributed by atoms with van der Waals surface area (Å²) in [4.78, 5) is 2.40. The Labute approximate surface area is 38.9 Å². The minimum atomic E-state index is 0.876. The average molecular weight is 133 g/mol. The normalized spacial score (nSPS) is 3.75. The van der Waals surface area contributed by atoms with Crippen LogP contribution in [0.5, 0.6) is 0 Å². The Balaban J connectivity index is 3.11. The third-order valence-corrected chi connectivity index (χ3v) is 0.265.